The number of carbonyl (C=O) groups excluding carboxylic acids is 1. The molecule has 4 nitrogen and oxygen atoms in total. The Hall–Kier alpha value is -1.91. The molecule has 2 rings (SSSR count). The minimum atomic E-state index is -1.01. The SMILES string of the molecule is Cc1ccc(F)cc1C(=O)N1CCCC(C)(C)C1C(=O)O. The van der Waals surface area contributed by atoms with Crippen LogP contribution in [0, 0.1) is 18.2 Å². The normalized spacial score (nSPS) is 21.1. The molecule has 1 amide bonds. The van der Waals surface area contributed by atoms with E-state index in [1.807, 2.05) is 13.8 Å². The minimum absolute atomic E-state index is 0.235. The summed E-state index contributed by atoms with van der Waals surface area (Å²) >= 11 is 0. The van der Waals surface area contributed by atoms with Gasteiger partial charge in [-0.2, -0.15) is 0 Å². The summed E-state index contributed by atoms with van der Waals surface area (Å²) in [6.45, 7) is 5.81. The molecule has 5 heteroatoms. The van der Waals surface area contributed by atoms with Crippen LogP contribution in [0.2, 0.25) is 0 Å². The predicted molar refractivity (Wildman–Crippen MR) is 76.6 cm³/mol. The van der Waals surface area contributed by atoms with Crippen molar-refractivity contribution < 1.29 is 19.1 Å². The van der Waals surface area contributed by atoms with E-state index in [1.165, 1.54) is 23.1 Å². The third-order valence-electron chi connectivity index (χ3n) is 4.20. The van der Waals surface area contributed by atoms with E-state index in [4.69, 9.17) is 0 Å². The van der Waals surface area contributed by atoms with Gasteiger partial charge in [-0.05, 0) is 42.9 Å². The van der Waals surface area contributed by atoms with Gasteiger partial charge in [-0.15, -0.1) is 0 Å². The third-order valence-corrected chi connectivity index (χ3v) is 4.20. The van der Waals surface area contributed by atoms with Crippen molar-refractivity contribution in [2.24, 2.45) is 5.41 Å². The summed E-state index contributed by atoms with van der Waals surface area (Å²) in [7, 11) is 0. The lowest BCUT2D eigenvalue weighted by molar-refractivity contribution is -0.148. The van der Waals surface area contributed by atoms with E-state index in [2.05, 4.69) is 0 Å². The van der Waals surface area contributed by atoms with E-state index in [-0.39, 0.29) is 5.56 Å². The van der Waals surface area contributed by atoms with Gasteiger partial charge in [0, 0.05) is 12.1 Å². The van der Waals surface area contributed by atoms with Gasteiger partial charge in [0.05, 0.1) is 0 Å². The molecule has 0 spiro atoms. The molecule has 1 aromatic rings. The van der Waals surface area contributed by atoms with Crippen molar-refractivity contribution in [2.45, 2.75) is 39.7 Å². The Balaban J connectivity index is 2.41. The molecule has 1 fully saturated rings. The molecule has 0 aliphatic carbocycles. The maximum atomic E-state index is 13.4. The third kappa shape index (κ3) is 2.91. The lowest BCUT2D eigenvalue weighted by Crippen LogP contribution is -2.56. The second-order valence-corrected chi connectivity index (χ2v) is 6.29. The second-order valence-electron chi connectivity index (χ2n) is 6.29. The Morgan fingerprint density at radius 3 is 2.67 bits per heavy atom. The van der Waals surface area contributed by atoms with Crippen LogP contribution in [0.1, 0.15) is 42.6 Å². The van der Waals surface area contributed by atoms with Crippen LogP contribution in [0.15, 0.2) is 18.2 Å². The molecule has 0 saturated carbocycles. The molecule has 1 aromatic carbocycles. The van der Waals surface area contributed by atoms with Gasteiger partial charge < -0.3 is 10.0 Å². The molecule has 21 heavy (non-hydrogen) atoms. The van der Waals surface area contributed by atoms with Crippen molar-refractivity contribution >= 4 is 11.9 Å². The summed E-state index contributed by atoms with van der Waals surface area (Å²) in [4.78, 5) is 25.6. The number of benzene rings is 1. The highest BCUT2D eigenvalue weighted by atomic mass is 19.1. The highest BCUT2D eigenvalue weighted by Crippen LogP contribution is 2.36. The number of piperidine rings is 1. The smallest absolute Gasteiger partial charge is 0.326 e. The van der Waals surface area contributed by atoms with E-state index < -0.39 is 29.2 Å². The number of rotatable bonds is 2. The first-order valence-electron chi connectivity index (χ1n) is 7.04. The molecule has 1 heterocycles. The highest BCUT2D eigenvalue weighted by molar-refractivity contribution is 5.98. The average molecular weight is 293 g/mol. The molecule has 1 unspecified atom stereocenters. The summed E-state index contributed by atoms with van der Waals surface area (Å²) in [5, 5.41) is 9.50. The van der Waals surface area contributed by atoms with E-state index in [0.717, 1.165) is 12.8 Å². The fourth-order valence-corrected chi connectivity index (χ4v) is 3.06. The first-order valence-corrected chi connectivity index (χ1v) is 7.04. The van der Waals surface area contributed by atoms with Crippen LogP contribution in [-0.4, -0.2) is 34.5 Å². The fraction of sp³-hybridized carbons (Fsp3) is 0.500. The number of nitrogens with zero attached hydrogens (tertiary/aromatic N) is 1. The van der Waals surface area contributed by atoms with Gasteiger partial charge in [0.25, 0.3) is 5.91 Å². The standard InChI is InChI=1S/C16H20FNO3/c1-10-5-6-11(17)9-12(10)14(19)18-8-4-7-16(2,3)13(18)15(20)21/h5-6,9,13H,4,7-8H2,1-3H3,(H,20,21). The van der Waals surface area contributed by atoms with Gasteiger partial charge >= 0.3 is 5.97 Å². The number of carboxylic acid groups (broad SMARTS) is 1. The monoisotopic (exact) mass is 293 g/mol. The van der Waals surface area contributed by atoms with Gasteiger partial charge in [-0.1, -0.05) is 19.9 Å². The van der Waals surface area contributed by atoms with Crippen molar-refractivity contribution in [3.8, 4) is 0 Å². The van der Waals surface area contributed by atoms with Gasteiger partial charge in [-0.25, -0.2) is 9.18 Å². The number of carbonyl (C=O) groups is 2. The Labute approximate surface area is 123 Å². The van der Waals surface area contributed by atoms with Gasteiger partial charge in [0.15, 0.2) is 0 Å². The van der Waals surface area contributed by atoms with E-state index >= 15 is 0 Å². The minimum Gasteiger partial charge on any atom is -0.480 e. The van der Waals surface area contributed by atoms with Crippen LogP contribution >= 0.6 is 0 Å². The number of aliphatic carboxylic acids is 1. The van der Waals surface area contributed by atoms with Crippen LogP contribution in [0.3, 0.4) is 0 Å². The number of aryl methyl sites for hydroxylation is 1. The molecule has 1 aliphatic heterocycles. The first-order chi connectivity index (χ1) is 9.74. The number of hydrogen-bond donors (Lipinski definition) is 1. The molecular weight excluding hydrogens is 273 g/mol. The zero-order valence-electron chi connectivity index (χ0n) is 12.5. The molecule has 1 aliphatic rings. The molecule has 0 aromatic heterocycles. The Kier molecular flexibility index (Phi) is 4.03. The molecular formula is C16H20FNO3. The predicted octanol–water partition coefficient (Wildman–Crippen LogP) is 2.85. The van der Waals surface area contributed by atoms with Gasteiger partial charge in [-0.3, -0.25) is 4.79 Å². The van der Waals surface area contributed by atoms with Crippen molar-refractivity contribution in [2.75, 3.05) is 6.54 Å². The lowest BCUT2D eigenvalue weighted by Gasteiger charge is -2.44. The van der Waals surface area contributed by atoms with Crippen LogP contribution in [-0.2, 0) is 4.79 Å². The molecule has 0 radical (unpaired) electrons. The Morgan fingerprint density at radius 2 is 2.05 bits per heavy atom. The van der Waals surface area contributed by atoms with Gasteiger partial charge in [0.2, 0.25) is 0 Å². The molecule has 0 bridgehead atoms. The van der Waals surface area contributed by atoms with Crippen molar-refractivity contribution in [1.82, 2.24) is 4.90 Å². The number of halogens is 1. The second kappa shape index (κ2) is 5.47. The first kappa shape index (κ1) is 15.5. The maximum absolute atomic E-state index is 13.4. The van der Waals surface area contributed by atoms with E-state index in [9.17, 15) is 19.1 Å². The molecule has 1 saturated heterocycles. The molecule has 1 atom stereocenters. The summed E-state index contributed by atoms with van der Waals surface area (Å²) < 4.78 is 13.4. The fourth-order valence-electron chi connectivity index (χ4n) is 3.06. The van der Waals surface area contributed by atoms with E-state index in [0.29, 0.717) is 12.1 Å². The number of hydrogen-bond acceptors (Lipinski definition) is 2. The number of amides is 1. The summed E-state index contributed by atoms with van der Waals surface area (Å²) in [6.07, 6.45) is 1.49. The van der Waals surface area contributed by atoms with Crippen LogP contribution < -0.4 is 0 Å². The number of carboxylic acids is 1. The lowest BCUT2D eigenvalue weighted by atomic mass is 9.76. The van der Waals surface area contributed by atoms with Crippen LogP contribution in [0.25, 0.3) is 0 Å². The quantitative estimate of drug-likeness (QED) is 0.912. The van der Waals surface area contributed by atoms with Crippen LogP contribution in [0.4, 0.5) is 4.39 Å². The van der Waals surface area contributed by atoms with Crippen molar-refractivity contribution in [1.29, 1.82) is 0 Å². The topological polar surface area (TPSA) is 57.6 Å². The zero-order valence-corrected chi connectivity index (χ0v) is 12.5. The summed E-state index contributed by atoms with van der Waals surface area (Å²) in [6, 6.07) is 3.12. The largest absolute Gasteiger partial charge is 0.480 e. The molecule has 1 N–H and O–H groups in total. The summed E-state index contributed by atoms with van der Waals surface area (Å²) in [5.74, 6) is -1.92. The highest BCUT2D eigenvalue weighted by Gasteiger charge is 2.44. The van der Waals surface area contributed by atoms with Gasteiger partial charge in [0.1, 0.15) is 11.9 Å². The average Bonchev–Trinajstić information content (AvgIpc) is 2.38. The van der Waals surface area contributed by atoms with Crippen molar-refractivity contribution in [3.05, 3.63) is 35.1 Å². The summed E-state index contributed by atoms with van der Waals surface area (Å²) in [5.41, 5.74) is 0.383. The van der Waals surface area contributed by atoms with E-state index in [1.54, 1.807) is 6.92 Å². The Morgan fingerprint density at radius 1 is 1.38 bits per heavy atom. The molecule has 114 valence electrons. The maximum Gasteiger partial charge on any atom is 0.326 e. The van der Waals surface area contributed by atoms with Crippen molar-refractivity contribution in [3.63, 3.8) is 0 Å². The number of likely N-dealkylation sites (tertiary alicyclic amines) is 1. The van der Waals surface area contributed by atoms with Crippen LogP contribution in [0.5, 0.6) is 0 Å². The zero-order chi connectivity index (χ0) is 15.8. The Bertz CT molecular complexity index is 583.